The van der Waals surface area contributed by atoms with Crippen molar-refractivity contribution in [2.75, 3.05) is 20.8 Å². The third kappa shape index (κ3) is 5.29. The Labute approximate surface area is 157 Å². The van der Waals surface area contributed by atoms with E-state index in [9.17, 15) is 9.59 Å². The molecular weight excluding hydrogens is 352 g/mol. The van der Waals surface area contributed by atoms with E-state index in [1.165, 1.54) is 18.4 Å². The number of aromatic nitrogens is 1. The lowest BCUT2D eigenvalue weighted by Gasteiger charge is -2.23. The zero-order valence-corrected chi connectivity index (χ0v) is 16.3. The minimum absolute atomic E-state index is 0.0839. The van der Waals surface area contributed by atoms with E-state index in [0.717, 1.165) is 6.42 Å². The summed E-state index contributed by atoms with van der Waals surface area (Å²) in [5.74, 6) is 0.555. The summed E-state index contributed by atoms with van der Waals surface area (Å²) in [6.45, 7) is 5.20. The number of thiazole rings is 1. The molecular formula is C19H24N2O4S. The van der Waals surface area contributed by atoms with Crippen molar-refractivity contribution in [1.29, 1.82) is 0 Å². The minimum Gasteiger partial charge on any atom is -0.497 e. The molecule has 0 aliphatic heterocycles. The van der Waals surface area contributed by atoms with E-state index in [1.54, 1.807) is 41.7 Å². The van der Waals surface area contributed by atoms with E-state index in [4.69, 9.17) is 4.74 Å². The van der Waals surface area contributed by atoms with Crippen LogP contribution in [0.15, 0.2) is 29.6 Å². The van der Waals surface area contributed by atoms with Crippen molar-refractivity contribution >= 4 is 23.2 Å². The quantitative estimate of drug-likeness (QED) is 0.658. The summed E-state index contributed by atoms with van der Waals surface area (Å²) in [7, 11) is 2.90. The molecule has 0 unspecified atom stereocenters. The number of amides is 1. The van der Waals surface area contributed by atoms with Crippen LogP contribution in [0, 0.1) is 5.92 Å². The average Bonchev–Trinajstić information content (AvgIpc) is 3.12. The fourth-order valence-corrected chi connectivity index (χ4v) is 3.13. The third-order valence-electron chi connectivity index (χ3n) is 3.85. The molecule has 140 valence electrons. The Morgan fingerprint density at radius 2 is 2.04 bits per heavy atom. The lowest BCUT2D eigenvalue weighted by molar-refractivity contribution is 0.0594. The topological polar surface area (TPSA) is 68.7 Å². The van der Waals surface area contributed by atoms with Gasteiger partial charge < -0.3 is 14.4 Å². The van der Waals surface area contributed by atoms with Crippen LogP contribution in [0.3, 0.4) is 0 Å². The summed E-state index contributed by atoms with van der Waals surface area (Å²) in [4.78, 5) is 30.6. The van der Waals surface area contributed by atoms with Gasteiger partial charge in [-0.3, -0.25) is 4.79 Å². The highest BCUT2D eigenvalue weighted by Crippen LogP contribution is 2.19. The van der Waals surface area contributed by atoms with E-state index >= 15 is 0 Å². The second kappa shape index (κ2) is 9.33. The molecule has 0 bridgehead atoms. The second-order valence-electron chi connectivity index (χ2n) is 6.26. The molecule has 0 aliphatic carbocycles. The van der Waals surface area contributed by atoms with Crippen molar-refractivity contribution in [2.45, 2.75) is 26.8 Å². The molecule has 0 N–H and O–H groups in total. The van der Waals surface area contributed by atoms with E-state index in [0.29, 0.717) is 35.3 Å². The minimum atomic E-state index is -0.472. The number of benzene rings is 1. The molecule has 1 heterocycles. The maximum Gasteiger partial charge on any atom is 0.357 e. The molecule has 6 nitrogen and oxygen atoms in total. The first kappa shape index (κ1) is 19.9. The Kier molecular flexibility index (Phi) is 7.15. The molecule has 2 aromatic rings. The molecule has 26 heavy (non-hydrogen) atoms. The molecule has 0 spiro atoms. The number of rotatable bonds is 8. The highest BCUT2D eigenvalue weighted by Gasteiger charge is 2.20. The molecule has 1 amide bonds. The molecule has 2 rings (SSSR count). The number of esters is 1. The van der Waals surface area contributed by atoms with Crippen LogP contribution >= 0.6 is 11.3 Å². The van der Waals surface area contributed by atoms with Crippen molar-refractivity contribution in [3.05, 3.63) is 45.9 Å². The number of hydrogen-bond donors (Lipinski definition) is 0. The van der Waals surface area contributed by atoms with Crippen LogP contribution in [0.5, 0.6) is 5.75 Å². The first-order valence-corrected chi connectivity index (χ1v) is 9.28. The van der Waals surface area contributed by atoms with Crippen LogP contribution in [0.1, 0.15) is 46.1 Å². The smallest absolute Gasteiger partial charge is 0.357 e. The first-order valence-electron chi connectivity index (χ1n) is 8.40. The highest BCUT2D eigenvalue weighted by atomic mass is 32.1. The van der Waals surface area contributed by atoms with Crippen LogP contribution in [-0.2, 0) is 11.3 Å². The summed E-state index contributed by atoms with van der Waals surface area (Å²) in [5.41, 5.74) is 0.836. The molecule has 0 saturated heterocycles. The SMILES string of the molecule is COC(=O)c1csc(CN(CCC(C)C)C(=O)c2cccc(OC)c2)n1. The van der Waals surface area contributed by atoms with Gasteiger partial charge in [-0.15, -0.1) is 11.3 Å². The van der Waals surface area contributed by atoms with Crippen molar-refractivity contribution in [3.63, 3.8) is 0 Å². The Morgan fingerprint density at radius 3 is 2.69 bits per heavy atom. The summed E-state index contributed by atoms with van der Waals surface area (Å²) in [6.07, 6.45) is 0.880. The van der Waals surface area contributed by atoms with E-state index in [1.807, 2.05) is 0 Å². The number of carbonyl (C=O) groups is 2. The Morgan fingerprint density at radius 1 is 1.27 bits per heavy atom. The number of hydrogen-bond acceptors (Lipinski definition) is 6. The monoisotopic (exact) mass is 376 g/mol. The van der Waals surface area contributed by atoms with Crippen LogP contribution in [-0.4, -0.2) is 42.5 Å². The fraction of sp³-hybridized carbons (Fsp3) is 0.421. The third-order valence-corrected chi connectivity index (χ3v) is 4.69. The lowest BCUT2D eigenvalue weighted by atomic mass is 10.1. The number of methoxy groups -OCH3 is 2. The van der Waals surface area contributed by atoms with Crippen LogP contribution in [0.25, 0.3) is 0 Å². The van der Waals surface area contributed by atoms with Gasteiger partial charge in [0.2, 0.25) is 0 Å². The normalized spacial score (nSPS) is 10.7. The van der Waals surface area contributed by atoms with Gasteiger partial charge in [-0.25, -0.2) is 9.78 Å². The van der Waals surface area contributed by atoms with Crippen LogP contribution < -0.4 is 4.74 Å². The van der Waals surface area contributed by atoms with Gasteiger partial charge in [0.15, 0.2) is 5.69 Å². The molecule has 0 saturated carbocycles. The van der Waals surface area contributed by atoms with Crippen molar-refractivity contribution in [2.24, 2.45) is 5.92 Å². The van der Waals surface area contributed by atoms with Crippen LogP contribution in [0.2, 0.25) is 0 Å². The zero-order valence-electron chi connectivity index (χ0n) is 15.5. The number of ether oxygens (including phenoxy) is 2. The van der Waals surface area contributed by atoms with Gasteiger partial charge in [-0.1, -0.05) is 19.9 Å². The summed E-state index contributed by atoms with van der Waals surface area (Å²) >= 11 is 1.35. The van der Waals surface area contributed by atoms with E-state index < -0.39 is 5.97 Å². The fourth-order valence-electron chi connectivity index (χ4n) is 2.35. The largest absolute Gasteiger partial charge is 0.497 e. The maximum absolute atomic E-state index is 13.0. The van der Waals surface area contributed by atoms with E-state index in [-0.39, 0.29) is 11.6 Å². The average molecular weight is 376 g/mol. The van der Waals surface area contributed by atoms with Gasteiger partial charge in [0.1, 0.15) is 10.8 Å². The van der Waals surface area contributed by atoms with Gasteiger partial charge in [-0.05, 0) is 30.5 Å². The summed E-state index contributed by atoms with van der Waals surface area (Å²) < 4.78 is 9.90. The number of nitrogens with zero attached hydrogens (tertiary/aromatic N) is 2. The number of carbonyl (C=O) groups excluding carboxylic acids is 2. The summed E-state index contributed by atoms with van der Waals surface area (Å²) in [6, 6.07) is 7.10. The molecule has 0 fully saturated rings. The lowest BCUT2D eigenvalue weighted by Crippen LogP contribution is -2.32. The molecule has 1 aromatic carbocycles. The molecule has 1 aromatic heterocycles. The van der Waals surface area contributed by atoms with Crippen molar-refractivity contribution < 1.29 is 19.1 Å². The van der Waals surface area contributed by atoms with E-state index in [2.05, 4.69) is 23.6 Å². The Bertz CT molecular complexity index is 758. The van der Waals surface area contributed by atoms with Crippen molar-refractivity contribution in [3.8, 4) is 5.75 Å². The van der Waals surface area contributed by atoms with Gasteiger partial charge in [-0.2, -0.15) is 0 Å². The predicted molar refractivity (Wildman–Crippen MR) is 101 cm³/mol. The predicted octanol–water partition coefficient (Wildman–Crippen LogP) is 3.63. The van der Waals surface area contributed by atoms with Gasteiger partial charge in [0.05, 0.1) is 20.8 Å². The Hall–Kier alpha value is -2.41. The van der Waals surface area contributed by atoms with Gasteiger partial charge >= 0.3 is 5.97 Å². The molecule has 0 aliphatic rings. The molecule has 7 heteroatoms. The van der Waals surface area contributed by atoms with Gasteiger partial charge in [0.25, 0.3) is 5.91 Å². The second-order valence-corrected chi connectivity index (χ2v) is 7.20. The van der Waals surface area contributed by atoms with Crippen molar-refractivity contribution in [1.82, 2.24) is 9.88 Å². The molecule has 0 atom stereocenters. The molecule has 0 radical (unpaired) electrons. The highest BCUT2D eigenvalue weighted by molar-refractivity contribution is 7.09. The standard InChI is InChI=1S/C19H24N2O4S/c1-13(2)8-9-21(11-17-20-16(12-26-17)19(23)25-4)18(22)14-6-5-7-15(10-14)24-3/h5-7,10,12-13H,8-9,11H2,1-4H3. The Balaban J connectivity index is 2.20. The first-order chi connectivity index (χ1) is 12.4. The maximum atomic E-state index is 13.0. The summed E-state index contributed by atoms with van der Waals surface area (Å²) in [5, 5.41) is 2.35. The van der Waals surface area contributed by atoms with Crippen LogP contribution in [0.4, 0.5) is 0 Å². The zero-order chi connectivity index (χ0) is 19.1. The van der Waals surface area contributed by atoms with Gasteiger partial charge in [0, 0.05) is 17.5 Å².